The number of aliphatic hydroxyl groups excluding tert-OH is 1. The number of rotatable bonds is 4. The molecule has 128 valence electrons. The lowest BCUT2D eigenvalue weighted by atomic mass is 9.93. The zero-order valence-corrected chi connectivity index (χ0v) is 14.0. The highest BCUT2D eigenvalue weighted by Gasteiger charge is 2.38. The fourth-order valence-corrected chi connectivity index (χ4v) is 3.11. The van der Waals surface area contributed by atoms with Crippen molar-refractivity contribution in [3.8, 4) is 0 Å². The van der Waals surface area contributed by atoms with Crippen LogP contribution in [0.15, 0.2) is 30.3 Å². The first-order valence-corrected chi connectivity index (χ1v) is 8.07. The Morgan fingerprint density at radius 2 is 1.96 bits per heavy atom. The van der Waals surface area contributed by atoms with E-state index in [0.29, 0.717) is 37.6 Å². The molecule has 1 aliphatic heterocycles. The van der Waals surface area contributed by atoms with Crippen LogP contribution in [-0.4, -0.2) is 47.0 Å². The van der Waals surface area contributed by atoms with Crippen LogP contribution in [0.4, 0.5) is 10.3 Å². The lowest BCUT2D eigenvalue weighted by Crippen LogP contribution is -2.56. The Hall–Kier alpha value is -2.05. The first-order chi connectivity index (χ1) is 11.5. The number of nitrogens with zero attached hydrogens (tertiary/aromatic N) is 3. The summed E-state index contributed by atoms with van der Waals surface area (Å²) in [6, 6.07) is 8.51. The molecule has 1 aromatic heterocycles. The average molecular weight is 331 g/mol. The second-order valence-corrected chi connectivity index (χ2v) is 6.33. The van der Waals surface area contributed by atoms with Crippen LogP contribution in [0.1, 0.15) is 17.0 Å². The van der Waals surface area contributed by atoms with E-state index >= 15 is 0 Å². The van der Waals surface area contributed by atoms with Gasteiger partial charge in [0.2, 0.25) is 5.95 Å². The van der Waals surface area contributed by atoms with Gasteiger partial charge >= 0.3 is 0 Å². The van der Waals surface area contributed by atoms with Crippen molar-refractivity contribution in [3.63, 3.8) is 0 Å². The summed E-state index contributed by atoms with van der Waals surface area (Å²) < 4.78 is 19.9. The molecule has 1 unspecified atom stereocenters. The van der Waals surface area contributed by atoms with E-state index in [1.165, 1.54) is 6.07 Å². The van der Waals surface area contributed by atoms with Crippen molar-refractivity contribution < 1.29 is 14.2 Å². The van der Waals surface area contributed by atoms with Crippen LogP contribution >= 0.6 is 0 Å². The van der Waals surface area contributed by atoms with Crippen LogP contribution in [0.5, 0.6) is 0 Å². The molecule has 6 heteroatoms. The van der Waals surface area contributed by atoms with Gasteiger partial charge in [-0.05, 0) is 31.5 Å². The van der Waals surface area contributed by atoms with Crippen LogP contribution in [-0.2, 0) is 11.2 Å². The highest BCUT2D eigenvalue weighted by Crippen LogP contribution is 2.26. The predicted octanol–water partition coefficient (Wildman–Crippen LogP) is 2.04. The maximum absolute atomic E-state index is 14.0. The maximum Gasteiger partial charge on any atom is 0.225 e. The molecule has 0 spiro atoms. The Kier molecular flexibility index (Phi) is 4.78. The minimum Gasteiger partial charge on any atom is -0.393 e. The number of aromatic nitrogens is 2. The number of ether oxygens (including phenoxy) is 1. The van der Waals surface area contributed by atoms with Crippen LogP contribution in [0, 0.1) is 19.7 Å². The smallest absolute Gasteiger partial charge is 0.225 e. The van der Waals surface area contributed by atoms with Gasteiger partial charge in [-0.1, -0.05) is 18.2 Å². The molecule has 2 aromatic rings. The lowest BCUT2D eigenvalue weighted by molar-refractivity contribution is -0.0875. The van der Waals surface area contributed by atoms with E-state index < -0.39 is 5.60 Å². The summed E-state index contributed by atoms with van der Waals surface area (Å²) in [4.78, 5) is 11.0. The third-order valence-electron chi connectivity index (χ3n) is 4.26. The van der Waals surface area contributed by atoms with Gasteiger partial charge in [-0.2, -0.15) is 0 Å². The fraction of sp³-hybridized carbons (Fsp3) is 0.444. The van der Waals surface area contributed by atoms with Crippen LogP contribution in [0.3, 0.4) is 0 Å². The Morgan fingerprint density at radius 3 is 2.62 bits per heavy atom. The predicted molar refractivity (Wildman–Crippen MR) is 89.6 cm³/mol. The monoisotopic (exact) mass is 331 g/mol. The minimum absolute atomic E-state index is 0.192. The van der Waals surface area contributed by atoms with Gasteiger partial charge in [-0.3, -0.25) is 0 Å². The van der Waals surface area contributed by atoms with Gasteiger partial charge in [0.15, 0.2) is 0 Å². The minimum atomic E-state index is -0.860. The van der Waals surface area contributed by atoms with Gasteiger partial charge in [0, 0.05) is 24.4 Å². The highest BCUT2D eigenvalue weighted by atomic mass is 19.1. The Bertz CT molecular complexity index is 705. The zero-order chi connectivity index (χ0) is 17.2. The molecule has 0 saturated carbocycles. The zero-order valence-electron chi connectivity index (χ0n) is 14.0. The molecule has 2 heterocycles. The molecule has 0 aliphatic carbocycles. The molecule has 24 heavy (non-hydrogen) atoms. The van der Waals surface area contributed by atoms with Crippen molar-refractivity contribution in [2.75, 3.05) is 31.2 Å². The van der Waals surface area contributed by atoms with Crippen LogP contribution in [0.25, 0.3) is 0 Å². The Labute approximate surface area is 141 Å². The third-order valence-corrected chi connectivity index (χ3v) is 4.26. The van der Waals surface area contributed by atoms with E-state index in [0.717, 1.165) is 11.4 Å². The van der Waals surface area contributed by atoms with Gasteiger partial charge in [0.25, 0.3) is 0 Å². The van der Waals surface area contributed by atoms with Crippen molar-refractivity contribution in [2.24, 2.45) is 0 Å². The van der Waals surface area contributed by atoms with Crippen molar-refractivity contribution >= 4 is 5.95 Å². The Morgan fingerprint density at radius 1 is 1.25 bits per heavy atom. The van der Waals surface area contributed by atoms with Crippen molar-refractivity contribution in [3.05, 3.63) is 53.1 Å². The number of halogens is 1. The molecular formula is C18H22FN3O2. The summed E-state index contributed by atoms with van der Waals surface area (Å²) >= 11 is 0. The molecule has 1 aliphatic rings. The molecule has 0 radical (unpaired) electrons. The van der Waals surface area contributed by atoms with E-state index in [2.05, 4.69) is 9.97 Å². The number of anilines is 1. The van der Waals surface area contributed by atoms with Gasteiger partial charge in [-0.25, -0.2) is 14.4 Å². The highest BCUT2D eigenvalue weighted by molar-refractivity contribution is 5.34. The van der Waals surface area contributed by atoms with Gasteiger partial charge in [-0.15, -0.1) is 0 Å². The molecule has 1 atom stereocenters. The first kappa shape index (κ1) is 16.8. The topological polar surface area (TPSA) is 58.5 Å². The molecule has 1 aromatic carbocycles. The number of benzene rings is 1. The van der Waals surface area contributed by atoms with Gasteiger partial charge in [0.1, 0.15) is 11.4 Å². The molecule has 1 saturated heterocycles. The SMILES string of the molecule is Cc1cc(C)nc(N2CCOC(CO)(Cc3ccccc3F)C2)n1. The quantitative estimate of drug-likeness (QED) is 0.929. The lowest BCUT2D eigenvalue weighted by Gasteiger charge is -2.42. The normalized spacial score (nSPS) is 21.1. The van der Waals surface area contributed by atoms with Crippen molar-refractivity contribution in [1.29, 1.82) is 0 Å². The largest absolute Gasteiger partial charge is 0.393 e. The summed E-state index contributed by atoms with van der Waals surface area (Å²) in [6.07, 6.45) is 0.303. The summed E-state index contributed by atoms with van der Waals surface area (Å²) in [5.74, 6) is 0.343. The van der Waals surface area contributed by atoms with Crippen molar-refractivity contribution in [2.45, 2.75) is 25.9 Å². The van der Waals surface area contributed by atoms with Crippen molar-refractivity contribution in [1.82, 2.24) is 9.97 Å². The number of hydrogen-bond acceptors (Lipinski definition) is 5. The van der Waals surface area contributed by atoms with Crippen LogP contribution < -0.4 is 4.90 Å². The summed E-state index contributed by atoms with van der Waals surface area (Å²) in [6.45, 7) is 5.16. The molecule has 0 amide bonds. The summed E-state index contributed by atoms with van der Waals surface area (Å²) in [5, 5.41) is 9.95. The first-order valence-electron chi connectivity index (χ1n) is 8.07. The van der Waals surface area contributed by atoms with Gasteiger partial charge < -0.3 is 14.7 Å². The molecule has 1 N–H and O–H groups in total. The van der Waals surface area contributed by atoms with E-state index in [1.807, 2.05) is 24.8 Å². The molecule has 5 nitrogen and oxygen atoms in total. The standard InChI is InChI=1S/C18H22FN3O2/c1-13-9-14(2)21-17(20-13)22-7-8-24-18(11-22,12-23)10-15-5-3-4-6-16(15)19/h3-6,9,23H,7-8,10-12H2,1-2H3. The molecule has 3 rings (SSSR count). The van der Waals surface area contributed by atoms with Gasteiger partial charge in [0.05, 0.1) is 19.8 Å². The number of hydrogen-bond donors (Lipinski definition) is 1. The van der Waals surface area contributed by atoms with E-state index in [4.69, 9.17) is 4.74 Å². The van der Waals surface area contributed by atoms with Crippen LogP contribution in [0.2, 0.25) is 0 Å². The van der Waals surface area contributed by atoms with E-state index in [-0.39, 0.29) is 12.4 Å². The second kappa shape index (κ2) is 6.83. The molecular weight excluding hydrogens is 309 g/mol. The average Bonchev–Trinajstić information content (AvgIpc) is 2.56. The number of morpholine rings is 1. The van der Waals surface area contributed by atoms with E-state index in [9.17, 15) is 9.50 Å². The number of aliphatic hydroxyl groups is 1. The number of aryl methyl sites for hydroxylation is 2. The summed E-state index contributed by atoms with van der Waals surface area (Å²) in [7, 11) is 0. The third kappa shape index (κ3) is 3.55. The fourth-order valence-electron chi connectivity index (χ4n) is 3.11. The second-order valence-electron chi connectivity index (χ2n) is 6.33. The molecule has 0 bridgehead atoms. The summed E-state index contributed by atoms with van der Waals surface area (Å²) in [5.41, 5.74) is 1.47. The Balaban J connectivity index is 1.85. The van der Waals surface area contributed by atoms with E-state index in [1.54, 1.807) is 18.2 Å². The maximum atomic E-state index is 14.0. The molecule has 1 fully saturated rings.